The van der Waals surface area contributed by atoms with Crippen molar-refractivity contribution in [2.75, 3.05) is 25.1 Å². The molecule has 0 bridgehead atoms. The molecule has 1 N–H and O–H groups in total. The summed E-state index contributed by atoms with van der Waals surface area (Å²) in [5.41, 5.74) is 3.54. The summed E-state index contributed by atoms with van der Waals surface area (Å²) in [7, 11) is 0. The molecule has 1 saturated heterocycles. The molecule has 3 aromatic rings. The van der Waals surface area contributed by atoms with Crippen LogP contribution in [0, 0.1) is 13.8 Å². The molecule has 0 unspecified atom stereocenters. The maximum atomic E-state index is 13.1. The Labute approximate surface area is 216 Å². The fourth-order valence-electron chi connectivity index (χ4n) is 5.21. The molecule has 5 rings (SSSR count). The number of aryl methyl sites for hydroxylation is 1. The molecule has 0 radical (unpaired) electrons. The molecule has 2 aromatic heterocycles. The number of carbonyl (C=O) groups excluding carboxylic acids is 2. The summed E-state index contributed by atoms with van der Waals surface area (Å²) in [5, 5.41) is 7.30. The molecule has 1 aliphatic heterocycles. The predicted molar refractivity (Wildman–Crippen MR) is 137 cm³/mol. The van der Waals surface area contributed by atoms with Crippen molar-refractivity contribution in [3.05, 3.63) is 71.3 Å². The largest absolute Gasteiger partial charge is 0.465 e. The molecule has 1 saturated carbocycles. The van der Waals surface area contributed by atoms with Crippen molar-refractivity contribution >= 4 is 17.6 Å². The molecule has 2 aliphatic rings. The lowest BCUT2D eigenvalue weighted by molar-refractivity contribution is -0.191. The van der Waals surface area contributed by atoms with Crippen LogP contribution in [0.15, 0.2) is 48.8 Å². The number of nitrogens with one attached hydrogen (secondary N) is 1. The van der Waals surface area contributed by atoms with Crippen molar-refractivity contribution in [2.24, 2.45) is 0 Å². The van der Waals surface area contributed by atoms with E-state index < -0.39 is 11.2 Å². The van der Waals surface area contributed by atoms with Gasteiger partial charge in [0.25, 0.3) is 5.91 Å². The van der Waals surface area contributed by atoms with Crippen LogP contribution in [0.5, 0.6) is 0 Å². The highest BCUT2D eigenvalue weighted by atomic mass is 16.7. The topological polar surface area (TPSA) is 105 Å². The van der Waals surface area contributed by atoms with Crippen molar-refractivity contribution < 1.29 is 23.8 Å². The highest BCUT2D eigenvalue weighted by Gasteiger charge is 2.52. The van der Waals surface area contributed by atoms with E-state index in [2.05, 4.69) is 15.4 Å². The van der Waals surface area contributed by atoms with Gasteiger partial charge in [0.1, 0.15) is 5.41 Å². The van der Waals surface area contributed by atoms with Gasteiger partial charge in [-0.1, -0.05) is 17.7 Å². The first-order valence-corrected chi connectivity index (χ1v) is 12.7. The number of hydrogen-bond acceptors (Lipinski definition) is 7. The third-order valence-electron chi connectivity index (χ3n) is 7.39. The second kappa shape index (κ2) is 10.1. The first kappa shape index (κ1) is 25.1. The zero-order valence-electron chi connectivity index (χ0n) is 21.5. The number of carbonyl (C=O) groups is 2. The maximum absolute atomic E-state index is 13.1. The molecule has 37 heavy (non-hydrogen) atoms. The Morgan fingerprint density at radius 1 is 1.00 bits per heavy atom. The number of esters is 1. The van der Waals surface area contributed by atoms with E-state index >= 15 is 0 Å². The van der Waals surface area contributed by atoms with E-state index in [1.165, 1.54) is 0 Å². The molecule has 194 valence electrons. The van der Waals surface area contributed by atoms with Crippen molar-refractivity contribution in [1.29, 1.82) is 0 Å². The van der Waals surface area contributed by atoms with Crippen LogP contribution in [0.3, 0.4) is 0 Å². The second-order valence-corrected chi connectivity index (χ2v) is 9.69. The SMILES string of the molecule is CCOC(=O)C1(c2ccc(NC(=O)c3cnn(-c4ccc(C)cc4)c3C)cn2)CCC2(CC1)OCCO2. The zero-order valence-corrected chi connectivity index (χ0v) is 21.5. The number of pyridine rings is 1. The Morgan fingerprint density at radius 2 is 1.70 bits per heavy atom. The quantitative estimate of drug-likeness (QED) is 0.500. The van der Waals surface area contributed by atoms with Gasteiger partial charge in [-0.2, -0.15) is 5.10 Å². The Balaban J connectivity index is 1.32. The van der Waals surface area contributed by atoms with Gasteiger partial charge in [-0.25, -0.2) is 4.68 Å². The second-order valence-electron chi connectivity index (χ2n) is 9.69. The monoisotopic (exact) mass is 504 g/mol. The minimum Gasteiger partial charge on any atom is -0.465 e. The molecular weight excluding hydrogens is 472 g/mol. The lowest BCUT2D eigenvalue weighted by atomic mass is 9.69. The molecule has 1 amide bonds. The number of nitrogens with zero attached hydrogens (tertiary/aromatic N) is 3. The summed E-state index contributed by atoms with van der Waals surface area (Å²) < 4.78 is 18.9. The molecule has 3 heterocycles. The molecule has 1 aromatic carbocycles. The van der Waals surface area contributed by atoms with Crippen molar-refractivity contribution in [1.82, 2.24) is 14.8 Å². The van der Waals surface area contributed by atoms with Gasteiger partial charge < -0.3 is 19.5 Å². The lowest BCUT2D eigenvalue weighted by Crippen LogP contribution is -2.47. The van der Waals surface area contributed by atoms with Gasteiger partial charge in [0.05, 0.1) is 60.5 Å². The summed E-state index contributed by atoms with van der Waals surface area (Å²) in [6.45, 7) is 7.12. The highest BCUT2D eigenvalue weighted by Crippen LogP contribution is 2.46. The van der Waals surface area contributed by atoms with Crippen LogP contribution in [0.25, 0.3) is 5.69 Å². The van der Waals surface area contributed by atoms with E-state index in [9.17, 15) is 9.59 Å². The third kappa shape index (κ3) is 4.76. The summed E-state index contributed by atoms with van der Waals surface area (Å²) >= 11 is 0. The predicted octanol–water partition coefficient (Wildman–Crippen LogP) is 4.25. The number of benzene rings is 1. The molecular formula is C28H32N4O5. The molecule has 1 aliphatic carbocycles. The molecule has 9 heteroatoms. The van der Waals surface area contributed by atoms with Crippen LogP contribution in [0.2, 0.25) is 0 Å². The van der Waals surface area contributed by atoms with E-state index in [-0.39, 0.29) is 11.9 Å². The van der Waals surface area contributed by atoms with Gasteiger partial charge in [-0.3, -0.25) is 14.6 Å². The number of rotatable bonds is 6. The average molecular weight is 505 g/mol. The first-order valence-electron chi connectivity index (χ1n) is 12.7. The zero-order chi connectivity index (χ0) is 26.0. The van der Waals surface area contributed by atoms with Crippen LogP contribution in [0.1, 0.15) is 59.9 Å². The standard InChI is InChI=1S/C28H32N4O5/c1-4-35-26(34)27(11-13-28(14-12-27)36-15-16-37-28)24-10-7-21(17-29-24)31-25(33)23-18-30-32(20(23)3)22-8-5-19(2)6-9-22/h5-10,17-18H,4,11-16H2,1-3H3,(H,31,33). The number of ether oxygens (including phenoxy) is 3. The fourth-order valence-corrected chi connectivity index (χ4v) is 5.21. The van der Waals surface area contributed by atoms with Crippen LogP contribution in [0.4, 0.5) is 5.69 Å². The Hall–Kier alpha value is -3.56. The minimum absolute atomic E-state index is 0.277. The molecule has 9 nitrogen and oxygen atoms in total. The van der Waals surface area contributed by atoms with Gasteiger partial charge >= 0.3 is 5.97 Å². The van der Waals surface area contributed by atoms with Crippen molar-refractivity contribution in [3.63, 3.8) is 0 Å². The lowest BCUT2D eigenvalue weighted by Gasteiger charge is -2.41. The Kier molecular flexibility index (Phi) is 6.83. The summed E-state index contributed by atoms with van der Waals surface area (Å²) in [6, 6.07) is 11.5. The molecule has 1 spiro atoms. The van der Waals surface area contributed by atoms with E-state index in [0.717, 1.165) is 16.9 Å². The third-order valence-corrected chi connectivity index (χ3v) is 7.39. The normalized spacial score (nSPS) is 18.0. The van der Waals surface area contributed by atoms with E-state index in [0.29, 0.717) is 62.4 Å². The summed E-state index contributed by atoms with van der Waals surface area (Å²) in [4.78, 5) is 30.8. The number of aromatic nitrogens is 3. The average Bonchev–Trinajstić information content (AvgIpc) is 3.52. The maximum Gasteiger partial charge on any atom is 0.318 e. The van der Waals surface area contributed by atoms with Crippen LogP contribution in [-0.2, 0) is 24.4 Å². The van der Waals surface area contributed by atoms with Gasteiger partial charge in [-0.05, 0) is 57.9 Å². The van der Waals surface area contributed by atoms with Crippen LogP contribution < -0.4 is 5.32 Å². The van der Waals surface area contributed by atoms with Gasteiger partial charge in [0, 0.05) is 12.8 Å². The minimum atomic E-state index is -0.870. The first-order chi connectivity index (χ1) is 17.9. The Morgan fingerprint density at radius 3 is 2.32 bits per heavy atom. The van der Waals surface area contributed by atoms with Gasteiger partial charge in [0.2, 0.25) is 0 Å². The number of hydrogen-bond donors (Lipinski definition) is 1. The van der Waals surface area contributed by atoms with E-state index in [1.807, 2.05) is 38.1 Å². The van der Waals surface area contributed by atoms with Gasteiger partial charge in [-0.15, -0.1) is 0 Å². The van der Waals surface area contributed by atoms with Crippen LogP contribution >= 0.6 is 0 Å². The number of amides is 1. The fraction of sp³-hybridized carbons (Fsp3) is 0.429. The smallest absolute Gasteiger partial charge is 0.318 e. The van der Waals surface area contributed by atoms with E-state index in [1.54, 1.807) is 36.1 Å². The summed E-state index contributed by atoms with van der Waals surface area (Å²) in [5.74, 6) is -1.17. The highest BCUT2D eigenvalue weighted by molar-refractivity contribution is 6.04. The Bertz CT molecular complexity index is 1270. The van der Waals surface area contributed by atoms with Crippen LogP contribution in [-0.4, -0.2) is 52.2 Å². The summed E-state index contributed by atoms with van der Waals surface area (Å²) in [6.07, 6.45) is 5.37. The van der Waals surface area contributed by atoms with Gasteiger partial charge in [0.15, 0.2) is 5.79 Å². The molecule has 2 fully saturated rings. The molecule has 0 atom stereocenters. The number of anilines is 1. The van der Waals surface area contributed by atoms with Crippen molar-refractivity contribution in [2.45, 2.75) is 57.7 Å². The van der Waals surface area contributed by atoms with E-state index in [4.69, 9.17) is 14.2 Å². The van der Waals surface area contributed by atoms with Crippen molar-refractivity contribution in [3.8, 4) is 5.69 Å².